The van der Waals surface area contributed by atoms with Crippen molar-refractivity contribution in [3.05, 3.63) is 0 Å². The van der Waals surface area contributed by atoms with Gasteiger partial charge in [-0.05, 0) is 44.9 Å². The van der Waals surface area contributed by atoms with Gasteiger partial charge in [0.25, 0.3) is 0 Å². The monoisotopic (exact) mass is 266 g/mol. The number of aliphatic hydroxyl groups is 1. The van der Waals surface area contributed by atoms with Gasteiger partial charge in [-0.2, -0.15) is 0 Å². The highest BCUT2D eigenvalue weighted by Gasteiger charge is 2.24. The third-order valence-corrected chi connectivity index (χ3v) is 3.91. The maximum atomic E-state index is 9.79. The zero-order chi connectivity index (χ0) is 13.5. The van der Waals surface area contributed by atoms with Gasteiger partial charge in [-0.15, -0.1) is 0 Å². The highest BCUT2D eigenvalue weighted by molar-refractivity contribution is 5.11. The molecule has 0 aromatic rings. The van der Waals surface area contributed by atoms with Gasteiger partial charge in [-0.3, -0.25) is 0 Å². The summed E-state index contributed by atoms with van der Waals surface area (Å²) in [6.45, 7) is 2.95. The van der Waals surface area contributed by atoms with E-state index in [2.05, 4.69) is 18.8 Å². The topological polar surface area (TPSA) is 38.7 Å². The SMILES string of the molecule is CCCC(C#CC1CCCC1O)OC1CCCCO1. The molecule has 108 valence electrons. The molecular weight excluding hydrogens is 240 g/mol. The molecule has 4 atom stereocenters. The molecule has 1 N–H and O–H groups in total. The van der Waals surface area contributed by atoms with E-state index in [9.17, 15) is 5.11 Å². The predicted octanol–water partition coefficient (Wildman–Crippen LogP) is 2.86. The van der Waals surface area contributed by atoms with Gasteiger partial charge in [-0.1, -0.05) is 25.2 Å². The average molecular weight is 266 g/mol. The minimum Gasteiger partial charge on any atom is -0.392 e. The molecule has 1 saturated carbocycles. The van der Waals surface area contributed by atoms with Crippen molar-refractivity contribution in [2.24, 2.45) is 5.92 Å². The predicted molar refractivity (Wildman–Crippen MR) is 74.5 cm³/mol. The third-order valence-electron chi connectivity index (χ3n) is 3.91. The third kappa shape index (κ3) is 4.80. The van der Waals surface area contributed by atoms with Crippen molar-refractivity contribution >= 4 is 0 Å². The number of ether oxygens (including phenoxy) is 2. The van der Waals surface area contributed by atoms with E-state index in [-0.39, 0.29) is 24.4 Å². The largest absolute Gasteiger partial charge is 0.392 e. The molecule has 1 aliphatic heterocycles. The van der Waals surface area contributed by atoms with E-state index >= 15 is 0 Å². The summed E-state index contributed by atoms with van der Waals surface area (Å²) in [5, 5.41) is 9.79. The van der Waals surface area contributed by atoms with Gasteiger partial charge >= 0.3 is 0 Å². The Kier molecular flexibility index (Phi) is 6.16. The van der Waals surface area contributed by atoms with Crippen LogP contribution < -0.4 is 0 Å². The summed E-state index contributed by atoms with van der Waals surface area (Å²) in [6, 6.07) is 0. The Balaban J connectivity index is 1.86. The fraction of sp³-hybridized carbons (Fsp3) is 0.875. The van der Waals surface area contributed by atoms with Crippen molar-refractivity contribution < 1.29 is 14.6 Å². The second-order valence-corrected chi connectivity index (χ2v) is 5.60. The molecule has 0 aromatic heterocycles. The molecule has 3 nitrogen and oxygen atoms in total. The lowest BCUT2D eigenvalue weighted by atomic mass is 10.1. The van der Waals surface area contributed by atoms with Crippen LogP contribution in [0.2, 0.25) is 0 Å². The van der Waals surface area contributed by atoms with Crippen LogP contribution in [-0.4, -0.2) is 30.2 Å². The van der Waals surface area contributed by atoms with Crippen LogP contribution in [0.1, 0.15) is 58.3 Å². The molecule has 2 fully saturated rings. The van der Waals surface area contributed by atoms with E-state index in [1.54, 1.807) is 0 Å². The summed E-state index contributed by atoms with van der Waals surface area (Å²) in [7, 11) is 0. The molecule has 19 heavy (non-hydrogen) atoms. The van der Waals surface area contributed by atoms with Crippen molar-refractivity contribution in [3.63, 3.8) is 0 Å². The Morgan fingerprint density at radius 3 is 2.79 bits per heavy atom. The highest BCUT2D eigenvalue weighted by Crippen LogP contribution is 2.25. The second-order valence-electron chi connectivity index (χ2n) is 5.60. The Bertz CT molecular complexity index is 312. The minimum absolute atomic E-state index is 0.0408. The van der Waals surface area contributed by atoms with Crippen LogP contribution >= 0.6 is 0 Å². The first-order valence-corrected chi connectivity index (χ1v) is 7.75. The van der Waals surface area contributed by atoms with Crippen LogP contribution in [0.15, 0.2) is 0 Å². The van der Waals surface area contributed by atoms with Gasteiger partial charge in [0.05, 0.1) is 6.10 Å². The Hall–Kier alpha value is -0.560. The van der Waals surface area contributed by atoms with E-state index in [1.165, 1.54) is 6.42 Å². The first-order valence-electron chi connectivity index (χ1n) is 7.75. The molecule has 4 unspecified atom stereocenters. The molecule has 0 aromatic carbocycles. The molecule has 1 saturated heterocycles. The van der Waals surface area contributed by atoms with Gasteiger partial charge in [0.15, 0.2) is 6.29 Å². The van der Waals surface area contributed by atoms with E-state index in [4.69, 9.17) is 9.47 Å². The van der Waals surface area contributed by atoms with Gasteiger partial charge in [0.1, 0.15) is 6.10 Å². The fourth-order valence-corrected chi connectivity index (χ4v) is 2.75. The van der Waals surface area contributed by atoms with Crippen molar-refractivity contribution in [1.29, 1.82) is 0 Å². The Labute approximate surface area is 116 Å². The lowest BCUT2D eigenvalue weighted by Gasteiger charge is -2.25. The molecular formula is C16H26O3. The van der Waals surface area contributed by atoms with Crippen LogP contribution in [0.5, 0.6) is 0 Å². The zero-order valence-electron chi connectivity index (χ0n) is 11.9. The van der Waals surface area contributed by atoms with E-state index < -0.39 is 0 Å². The Morgan fingerprint density at radius 1 is 1.26 bits per heavy atom. The lowest BCUT2D eigenvalue weighted by molar-refractivity contribution is -0.177. The first kappa shape index (κ1) is 14.8. The van der Waals surface area contributed by atoms with Crippen LogP contribution in [0.4, 0.5) is 0 Å². The standard InChI is InChI=1S/C16H26O3/c1-2-6-14(19-16-9-3-4-12-18-16)11-10-13-7-5-8-15(13)17/h13-17H,2-9,12H2,1H3. The van der Waals surface area contributed by atoms with E-state index in [1.807, 2.05) is 0 Å². The maximum Gasteiger partial charge on any atom is 0.159 e. The molecule has 1 heterocycles. The molecule has 2 aliphatic rings. The minimum atomic E-state index is -0.235. The summed E-state index contributed by atoms with van der Waals surface area (Å²) in [4.78, 5) is 0. The molecule has 0 radical (unpaired) electrons. The van der Waals surface area contributed by atoms with Crippen LogP contribution in [0.3, 0.4) is 0 Å². The van der Waals surface area contributed by atoms with Gasteiger partial charge in [0, 0.05) is 12.5 Å². The fourth-order valence-electron chi connectivity index (χ4n) is 2.75. The summed E-state index contributed by atoms with van der Waals surface area (Å²) in [5.74, 6) is 6.60. The molecule has 2 rings (SSSR count). The number of aliphatic hydroxyl groups excluding tert-OH is 1. The van der Waals surface area contributed by atoms with Crippen LogP contribution in [0, 0.1) is 17.8 Å². The smallest absolute Gasteiger partial charge is 0.159 e. The second kappa shape index (κ2) is 7.89. The van der Waals surface area contributed by atoms with Gasteiger partial charge in [-0.25, -0.2) is 0 Å². The highest BCUT2D eigenvalue weighted by atomic mass is 16.7. The van der Waals surface area contributed by atoms with Crippen LogP contribution in [-0.2, 0) is 9.47 Å². The van der Waals surface area contributed by atoms with Crippen molar-refractivity contribution in [3.8, 4) is 11.8 Å². The zero-order valence-corrected chi connectivity index (χ0v) is 11.9. The number of rotatable bonds is 4. The summed E-state index contributed by atoms with van der Waals surface area (Å²) < 4.78 is 11.6. The first-order chi connectivity index (χ1) is 9.29. The molecule has 3 heteroatoms. The molecule has 0 bridgehead atoms. The number of hydrogen-bond donors (Lipinski definition) is 1. The summed E-state index contributed by atoms with van der Waals surface area (Å²) >= 11 is 0. The Morgan fingerprint density at radius 2 is 2.16 bits per heavy atom. The molecule has 0 amide bonds. The normalized spacial score (nSPS) is 32.6. The van der Waals surface area contributed by atoms with Crippen molar-refractivity contribution in [1.82, 2.24) is 0 Å². The maximum absolute atomic E-state index is 9.79. The van der Waals surface area contributed by atoms with Gasteiger partial charge < -0.3 is 14.6 Å². The quantitative estimate of drug-likeness (QED) is 0.795. The summed E-state index contributed by atoms with van der Waals surface area (Å²) in [5.41, 5.74) is 0. The molecule has 0 spiro atoms. The summed E-state index contributed by atoms with van der Waals surface area (Å²) in [6.07, 6.45) is 7.94. The van der Waals surface area contributed by atoms with Crippen molar-refractivity contribution in [2.75, 3.05) is 6.61 Å². The van der Waals surface area contributed by atoms with E-state index in [0.717, 1.165) is 51.6 Å². The number of hydrogen-bond acceptors (Lipinski definition) is 3. The lowest BCUT2D eigenvalue weighted by Crippen LogP contribution is -2.27. The van der Waals surface area contributed by atoms with Crippen LogP contribution in [0.25, 0.3) is 0 Å². The van der Waals surface area contributed by atoms with Crippen molar-refractivity contribution in [2.45, 2.75) is 76.8 Å². The molecule has 1 aliphatic carbocycles. The van der Waals surface area contributed by atoms with E-state index in [0.29, 0.717) is 0 Å². The average Bonchev–Trinajstić information content (AvgIpc) is 2.83. The van der Waals surface area contributed by atoms with Gasteiger partial charge in [0.2, 0.25) is 0 Å².